The molecule has 0 aliphatic carbocycles. The lowest BCUT2D eigenvalue weighted by Crippen LogP contribution is -2.27. The van der Waals surface area contributed by atoms with E-state index in [1.54, 1.807) is 18.5 Å². The number of fused-ring (bicyclic) bond motifs is 1. The molecule has 0 aliphatic heterocycles. The predicted octanol–water partition coefficient (Wildman–Crippen LogP) is 1.83. The van der Waals surface area contributed by atoms with Crippen molar-refractivity contribution in [3.8, 4) is 0 Å². The number of amides is 1. The largest absolute Gasteiger partial charge is 0.355 e. The van der Waals surface area contributed by atoms with Crippen LogP contribution in [0.4, 0.5) is 4.39 Å². The highest BCUT2D eigenvalue weighted by Gasteiger charge is 2.07. The molecular weight excluding hydrogens is 291 g/mol. The molecular formula is C14H13FN4OS. The highest BCUT2D eigenvalue weighted by atomic mass is 32.1. The molecule has 1 N–H and O–H groups in total. The second kappa shape index (κ2) is 6.01. The number of carbonyl (C=O) groups is 1. The molecule has 3 rings (SSSR count). The van der Waals surface area contributed by atoms with Crippen LogP contribution in [0.2, 0.25) is 0 Å². The maximum atomic E-state index is 13.0. The number of benzene rings is 1. The minimum Gasteiger partial charge on any atom is -0.355 e. The zero-order valence-corrected chi connectivity index (χ0v) is 11.9. The van der Waals surface area contributed by atoms with Gasteiger partial charge in [-0.15, -0.1) is 21.5 Å². The van der Waals surface area contributed by atoms with Crippen molar-refractivity contribution in [1.82, 2.24) is 19.9 Å². The maximum absolute atomic E-state index is 13.0. The Morgan fingerprint density at radius 3 is 3.19 bits per heavy atom. The van der Waals surface area contributed by atoms with Crippen molar-refractivity contribution in [1.29, 1.82) is 0 Å². The third-order valence-corrected chi connectivity index (χ3v) is 3.96. The molecule has 0 saturated carbocycles. The van der Waals surface area contributed by atoms with E-state index in [4.69, 9.17) is 0 Å². The molecule has 1 aromatic carbocycles. The third kappa shape index (κ3) is 3.25. The van der Waals surface area contributed by atoms with E-state index in [-0.39, 0.29) is 18.1 Å². The highest BCUT2D eigenvalue weighted by molar-refractivity contribution is 7.15. The number of nitrogens with zero attached hydrogens (tertiary/aromatic N) is 3. The number of hydrogen-bond acceptors (Lipinski definition) is 4. The summed E-state index contributed by atoms with van der Waals surface area (Å²) in [5.41, 5.74) is 1.73. The number of rotatable bonds is 5. The van der Waals surface area contributed by atoms with Gasteiger partial charge in [-0.1, -0.05) is 12.1 Å². The first-order valence-corrected chi connectivity index (χ1v) is 7.37. The highest BCUT2D eigenvalue weighted by Crippen LogP contribution is 2.13. The molecule has 0 aliphatic rings. The molecule has 0 unspecified atom stereocenters. The Hall–Kier alpha value is -2.28. The van der Waals surface area contributed by atoms with Crippen molar-refractivity contribution in [2.45, 2.75) is 12.8 Å². The van der Waals surface area contributed by atoms with Crippen LogP contribution in [0.15, 0.2) is 36.0 Å². The van der Waals surface area contributed by atoms with Crippen molar-refractivity contribution < 1.29 is 9.18 Å². The molecule has 108 valence electrons. The number of halogens is 1. The molecule has 0 atom stereocenters. The molecule has 21 heavy (non-hydrogen) atoms. The Morgan fingerprint density at radius 1 is 1.43 bits per heavy atom. The van der Waals surface area contributed by atoms with E-state index in [0.29, 0.717) is 18.5 Å². The van der Waals surface area contributed by atoms with Gasteiger partial charge >= 0.3 is 0 Å². The van der Waals surface area contributed by atoms with E-state index in [1.165, 1.54) is 23.5 Å². The smallest absolute Gasteiger partial charge is 0.224 e. The Morgan fingerprint density at radius 2 is 2.33 bits per heavy atom. The van der Waals surface area contributed by atoms with Crippen LogP contribution in [-0.4, -0.2) is 27.0 Å². The van der Waals surface area contributed by atoms with Gasteiger partial charge in [0, 0.05) is 24.0 Å². The molecule has 0 fully saturated rings. The number of carbonyl (C=O) groups excluding carboxylic acids is 1. The number of aromatic nitrogens is 3. The van der Waals surface area contributed by atoms with Gasteiger partial charge < -0.3 is 5.32 Å². The summed E-state index contributed by atoms with van der Waals surface area (Å²) in [5, 5.41) is 12.6. The fourth-order valence-electron chi connectivity index (χ4n) is 2.08. The normalized spacial score (nSPS) is 10.9. The van der Waals surface area contributed by atoms with E-state index in [9.17, 15) is 9.18 Å². The lowest BCUT2D eigenvalue weighted by Gasteiger charge is -2.05. The second-order valence-corrected chi connectivity index (χ2v) is 5.45. The van der Waals surface area contributed by atoms with Gasteiger partial charge in [-0.05, 0) is 17.7 Å². The average Bonchev–Trinajstić information content (AvgIpc) is 3.03. The summed E-state index contributed by atoms with van der Waals surface area (Å²) in [7, 11) is 0. The molecule has 5 nitrogen and oxygen atoms in total. The number of thiazole rings is 1. The van der Waals surface area contributed by atoms with Crippen molar-refractivity contribution in [2.75, 3.05) is 6.54 Å². The third-order valence-electron chi connectivity index (χ3n) is 3.08. The first-order chi connectivity index (χ1) is 10.2. The molecule has 2 heterocycles. The van der Waals surface area contributed by atoms with Crippen molar-refractivity contribution >= 4 is 22.2 Å². The molecule has 0 spiro atoms. The van der Waals surface area contributed by atoms with Gasteiger partial charge in [0.25, 0.3) is 0 Å². The van der Waals surface area contributed by atoms with Crippen LogP contribution in [0, 0.1) is 5.82 Å². The lowest BCUT2D eigenvalue weighted by molar-refractivity contribution is -0.120. The summed E-state index contributed by atoms with van der Waals surface area (Å²) < 4.78 is 14.9. The van der Waals surface area contributed by atoms with Gasteiger partial charge in [0.1, 0.15) is 12.1 Å². The number of hydrogen-bond donors (Lipinski definition) is 1. The zero-order chi connectivity index (χ0) is 14.7. The summed E-state index contributed by atoms with van der Waals surface area (Å²) in [5.74, 6) is -0.440. The Kier molecular flexibility index (Phi) is 3.92. The topological polar surface area (TPSA) is 59.3 Å². The van der Waals surface area contributed by atoms with Crippen LogP contribution >= 0.6 is 11.3 Å². The first-order valence-electron chi connectivity index (χ1n) is 6.49. The van der Waals surface area contributed by atoms with Gasteiger partial charge in [-0.3, -0.25) is 9.20 Å². The molecule has 3 aromatic rings. The van der Waals surface area contributed by atoms with Crippen molar-refractivity contribution in [3.63, 3.8) is 0 Å². The van der Waals surface area contributed by atoms with E-state index in [0.717, 1.165) is 10.7 Å². The fourth-order valence-corrected chi connectivity index (χ4v) is 2.93. The second-order valence-electron chi connectivity index (χ2n) is 4.62. The van der Waals surface area contributed by atoms with Crippen LogP contribution < -0.4 is 5.32 Å². The molecule has 1 amide bonds. The Bertz CT molecular complexity index is 767. The van der Waals surface area contributed by atoms with Crippen LogP contribution in [0.5, 0.6) is 0 Å². The van der Waals surface area contributed by atoms with Gasteiger partial charge in [-0.2, -0.15) is 0 Å². The van der Waals surface area contributed by atoms with Crippen LogP contribution in [0.25, 0.3) is 4.96 Å². The zero-order valence-electron chi connectivity index (χ0n) is 11.1. The van der Waals surface area contributed by atoms with E-state index in [1.807, 2.05) is 9.78 Å². The first kappa shape index (κ1) is 13.7. The molecule has 0 saturated heterocycles. The minimum absolute atomic E-state index is 0.115. The SMILES string of the molecule is O=C(Cc1cccc(F)c1)NCCc1csc2nncn12. The molecule has 7 heteroatoms. The van der Waals surface area contributed by atoms with Gasteiger partial charge in [0.2, 0.25) is 10.9 Å². The van der Waals surface area contributed by atoms with Crippen molar-refractivity contribution in [2.24, 2.45) is 0 Å². The predicted molar refractivity (Wildman–Crippen MR) is 77.7 cm³/mol. The van der Waals surface area contributed by atoms with Crippen molar-refractivity contribution in [3.05, 3.63) is 53.0 Å². The lowest BCUT2D eigenvalue weighted by atomic mass is 10.1. The standard InChI is InChI=1S/C14H13FN4OS/c15-11-3-1-2-10(6-11)7-13(20)16-5-4-12-8-21-14-18-17-9-19(12)14/h1-3,6,8-9H,4-5,7H2,(H,16,20). The summed E-state index contributed by atoms with van der Waals surface area (Å²) in [6.45, 7) is 0.526. The Balaban J connectivity index is 1.51. The molecule has 0 bridgehead atoms. The minimum atomic E-state index is -0.325. The summed E-state index contributed by atoms with van der Waals surface area (Å²) in [6.07, 6.45) is 2.55. The summed E-state index contributed by atoms with van der Waals surface area (Å²) >= 11 is 1.52. The van der Waals surface area contributed by atoms with Gasteiger partial charge in [0.05, 0.1) is 6.42 Å². The van der Waals surface area contributed by atoms with Crippen LogP contribution in [0.1, 0.15) is 11.3 Å². The van der Waals surface area contributed by atoms with Crippen LogP contribution in [-0.2, 0) is 17.6 Å². The average molecular weight is 304 g/mol. The summed E-state index contributed by atoms with van der Waals surface area (Å²) in [4.78, 5) is 12.6. The van der Waals surface area contributed by atoms with E-state index in [2.05, 4.69) is 15.5 Å². The monoisotopic (exact) mass is 304 g/mol. The molecule has 0 radical (unpaired) electrons. The van der Waals surface area contributed by atoms with Gasteiger partial charge in [0.15, 0.2) is 0 Å². The van der Waals surface area contributed by atoms with Gasteiger partial charge in [-0.25, -0.2) is 4.39 Å². The van der Waals surface area contributed by atoms with Crippen LogP contribution in [0.3, 0.4) is 0 Å². The van der Waals surface area contributed by atoms with E-state index >= 15 is 0 Å². The molecule has 2 aromatic heterocycles. The fraction of sp³-hybridized carbons (Fsp3) is 0.214. The van der Waals surface area contributed by atoms with E-state index < -0.39 is 0 Å². The number of nitrogens with one attached hydrogen (secondary N) is 1. The maximum Gasteiger partial charge on any atom is 0.224 e. The summed E-state index contributed by atoms with van der Waals surface area (Å²) in [6, 6.07) is 6.08. The quantitative estimate of drug-likeness (QED) is 0.782. The Labute approximate surface area is 124 Å².